The number of aryl methyl sites for hydroxylation is 1. The van der Waals surface area contributed by atoms with Crippen LogP contribution in [0.1, 0.15) is 5.56 Å². The molecule has 0 bridgehead atoms. The van der Waals surface area contributed by atoms with E-state index in [0.717, 1.165) is 19.0 Å². The minimum atomic E-state index is -3.90. The molecule has 0 aliphatic rings. The van der Waals surface area contributed by atoms with Gasteiger partial charge in [0.1, 0.15) is 8.07 Å². The first kappa shape index (κ1) is 21.8. The van der Waals surface area contributed by atoms with E-state index in [1.165, 1.54) is 0 Å². The van der Waals surface area contributed by atoms with Crippen molar-refractivity contribution in [2.45, 2.75) is 31.5 Å². The van der Waals surface area contributed by atoms with Crippen LogP contribution in [-0.2, 0) is 12.6 Å². The van der Waals surface area contributed by atoms with Crippen molar-refractivity contribution in [3.8, 4) is 0 Å². The Kier molecular flexibility index (Phi) is 6.55. The van der Waals surface area contributed by atoms with Gasteiger partial charge in [-0.3, -0.25) is 0 Å². The maximum absolute atomic E-state index is 12.9. The van der Waals surface area contributed by atoms with E-state index in [0.29, 0.717) is 3.77 Å². The molecule has 3 rings (SSSR count). The number of hydrogen-bond acceptors (Lipinski definition) is 4. The Morgan fingerprint density at radius 3 is 2.07 bits per heavy atom. The molecule has 0 saturated carbocycles. The Bertz CT molecular complexity index is 1050. The van der Waals surface area contributed by atoms with Crippen molar-refractivity contribution >= 4 is 39.5 Å². The van der Waals surface area contributed by atoms with Crippen LogP contribution in [-0.4, -0.2) is 16.5 Å². The zero-order chi connectivity index (χ0) is 20.5. The van der Waals surface area contributed by atoms with Gasteiger partial charge in [0, 0.05) is 10.5 Å². The molecule has 149 valence electrons. The fourth-order valence-corrected chi connectivity index (χ4v) is 10.4. The highest BCUT2D eigenvalue weighted by atomic mass is 127. The second-order valence-electron chi connectivity index (χ2n) is 7.37. The van der Waals surface area contributed by atoms with Gasteiger partial charge in [-0.2, -0.15) is 8.42 Å². The van der Waals surface area contributed by atoms with Crippen molar-refractivity contribution in [1.82, 2.24) is 0 Å². The van der Waals surface area contributed by atoms with Crippen LogP contribution < -0.4 is 25.6 Å². The molecule has 1 radical (unpaired) electrons. The molecule has 28 heavy (non-hydrogen) atoms. The third kappa shape index (κ3) is 5.15. The number of hydrogen-bond donors (Lipinski definition) is 0. The van der Waals surface area contributed by atoms with E-state index >= 15 is 0 Å². The van der Waals surface area contributed by atoms with Gasteiger partial charge >= 0.3 is 34.1 Å². The van der Waals surface area contributed by atoms with E-state index in [1.54, 1.807) is 24.3 Å². The molecule has 0 fully saturated rings. The van der Waals surface area contributed by atoms with Gasteiger partial charge < -0.3 is 4.42 Å². The molecule has 2 aromatic carbocycles. The zero-order valence-corrected chi connectivity index (χ0v) is 21.6. The summed E-state index contributed by atoms with van der Waals surface area (Å²) in [5.74, 6) is 0. The molecular formula is C20H22BrIO4SSi+. The van der Waals surface area contributed by atoms with Crippen LogP contribution in [0.15, 0.2) is 74.4 Å². The fourth-order valence-electron chi connectivity index (χ4n) is 2.35. The lowest BCUT2D eigenvalue weighted by atomic mass is 10.2. The van der Waals surface area contributed by atoms with Gasteiger partial charge in [-0.05, 0) is 51.9 Å². The smallest absolute Gasteiger partial charge is 0.363 e. The van der Waals surface area contributed by atoms with Crippen molar-refractivity contribution in [1.29, 1.82) is 0 Å². The molecule has 0 saturated heterocycles. The minimum absolute atomic E-state index is 0.162. The summed E-state index contributed by atoms with van der Waals surface area (Å²) in [4.78, 5) is 0.162. The first-order valence-electron chi connectivity index (χ1n) is 8.64. The molecule has 0 unspecified atom stereocenters. The van der Waals surface area contributed by atoms with E-state index in [-0.39, 0.29) is 4.90 Å². The van der Waals surface area contributed by atoms with Crippen LogP contribution >= 0.6 is 15.9 Å². The average molecular weight is 593 g/mol. The fraction of sp³-hybridized carbons (Fsp3) is 0.200. The Morgan fingerprint density at radius 1 is 0.929 bits per heavy atom. The van der Waals surface area contributed by atoms with Gasteiger partial charge in [-0.25, -0.2) is 0 Å². The predicted molar refractivity (Wildman–Crippen MR) is 113 cm³/mol. The first-order valence-corrected chi connectivity index (χ1v) is 17.4. The molecule has 0 amide bonds. The molecule has 0 spiro atoms. The normalized spacial score (nSPS) is 12.5. The van der Waals surface area contributed by atoms with Crippen LogP contribution in [0.25, 0.3) is 0 Å². The van der Waals surface area contributed by atoms with Crippen LogP contribution in [0, 0.1) is 14.3 Å². The molecule has 0 aliphatic carbocycles. The van der Waals surface area contributed by atoms with Crippen molar-refractivity contribution < 1.29 is 35.6 Å². The summed E-state index contributed by atoms with van der Waals surface area (Å²) >= 11 is 0.623. The van der Waals surface area contributed by atoms with Crippen molar-refractivity contribution in [2.75, 3.05) is 0 Å². The Hall–Kier alpha value is -0.943. The second kappa shape index (κ2) is 8.43. The van der Waals surface area contributed by atoms with Gasteiger partial charge in [0.15, 0.2) is 3.57 Å². The van der Waals surface area contributed by atoms with Gasteiger partial charge in [-0.15, -0.1) is 0 Å². The SMILES string of the molecule is Cc1ccc(S(=O)(=O)O[I+](c2ccc(Br)cc2)c2ccc([Si](C)(C)C)o2)cc1. The highest BCUT2D eigenvalue weighted by Gasteiger charge is 2.41. The molecule has 1 aromatic heterocycles. The number of rotatable bonds is 6. The van der Waals surface area contributed by atoms with Gasteiger partial charge in [0.25, 0.3) is 0 Å². The minimum Gasteiger partial charge on any atom is -0.430 e. The summed E-state index contributed by atoms with van der Waals surface area (Å²) < 4.78 is 40.3. The highest BCUT2D eigenvalue weighted by Crippen LogP contribution is 2.11. The van der Waals surface area contributed by atoms with Gasteiger partial charge in [0.2, 0.25) is 0 Å². The average Bonchev–Trinajstić information content (AvgIpc) is 3.11. The van der Waals surface area contributed by atoms with E-state index in [2.05, 4.69) is 35.6 Å². The molecule has 4 nitrogen and oxygen atoms in total. The predicted octanol–water partition coefficient (Wildman–Crippen LogP) is 1.88. The van der Waals surface area contributed by atoms with E-state index in [9.17, 15) is 8.42 Å². The topological polar surface area (TPSA) is 56.5 Å². The molecule has 0 aliphatic heterocycles. The van der Waals surface area contributed by atoms with E-state index in [4.69, 9.17) is 6.93 Å². The number of furan rings is 1. The van der Waals surface area contributed by atoms with Crippen LogP contribution in [0.4, 0.5) is 0 Å². The van der Waals surface area contributed by atoms with Crippen LogP contribution in [0.5, 0.6) is 0 Å². The van der Waals surface area contributed by atoms with Gasteiger partial charge in [-0.1, -0.05) is 53.3 Å². The van der Waals surface area contributed by atoms with E-state index < -0.39 is 38.4 Å². The van der Waals surface area contributed by atoms with Crippen molar-refractivity contribution in [2.24, 2.45) is 0 Å². The molecule has 0 atom stereocenters. The van der Waals surface area contributed by atoms with Crippen molar-refractivity contribution in [3.05, 3.63) is 78.0 Å². The lowest BCUT2D eigenvalue weighted by Gasteiger charge is -2.10. The third-order valence-electron chi connectivity index (χ3n) is 3.94. The molecule has 3 aromatic rings. The second-order valence-corrected chi connectivity index (χ2v) is 19.6. The monoisotopic (exact) mass is 592 g/mol. The Balaban J connectivity index is 2.02. The summed E-state index contributed by atoms with van der Waals surface area (Å²) in [6.07, 6.45) is 0. The maximum atomic E-state index is 12.9. The zero-order valence-electron chi connectivity index (χ0n) is 16.1. The summed E-state index contributed by atoms with van der Waals surface area (Å²) in [6, 6.07) is 18.1. The summed E-state index contributed by atoms with van der Waals surface area (Å²) in [6.45, 7) is 8.49. The summed E-state index contributed by atoms with van der Waals surface area (Å²) in [5.41, 5.74) is 0.994. The summed E-state index contributed by atoms with van der Waals surface area (Å²) in [5, 5.41) is 0.943. The number of benzene rings is 2. The maximum Gasteiger partial charge on any atom is 0.363 e. The van der Waals surface area contributed by atoms with Crippen molar-refractivity contribution in [3.63, 3.8) is 0 Å². The molecule has 8 heteroatoms. The van der Waals surface area contributed by atoms with Crippen LogP contribution in [0.3, 0.4) is 0 Å². The lowest BCUT2D eigenvalue weighted by Crippen LogP contribution is -3.85. The standard InChI is InChI=1S/C20H22BrIO4SSi/c1-15-5-11-18(12-6-15)27(23,24)26-22(17-9-7-16(21)8-10-17)19-13-14-20(25-19)28(2,3)4/h5-14H,1-4H3/q+1. The Labute approximate surface area is 183 Å². The first-order chi connectivity index (χ1) is 13.1. The van der Waals surface area contributed by atoms with Gasteiger partial charge in [0.05, 0.1) is 10.3 Å². The van der Waals surface area contributed by atoms with E-state index in [1.807, 2.05) is 43.3 Å². The third-order valence-corrected chi connectivity index (χ3v) is 13.3. The lowest BCUT2D eigenvalue weighted by molar-refractivity contribution is -1.04. The quantitative estimate of drug-likeness (QED) is 0.324. The van der Waals surface area contributed by atoms with Crippen LogP contribution in [0.2, 0.25) is 19.6 Å². The molecule has 1 heterocycles. The highest BCUT2D eigenvalue weighted by molar-refractivity contribution is 9.10. The number of halogens is 2. The summed E-state index contributed by atoms with van der Waals surface area (Å²) in [7, 11) is -5.55. The molecular weight excluding hydrogens is 571 g/mol. The largest absolute Gasteiger partial charge is 0.430 e. The molecule has 0 N–H and O–H groups in total. The Morgan fingerprint density at radius 2 is 1.54 bits per heavy atom.